The van der Waals surface area contributed by atoms with E-state index in [1.807, 2.05) is 19.1 Å². The lowest BCUT2D eigenvalue weighted by Crippen LogP contribution is -2.14. The molecule has 0 unspecified atom stereocenters. The van der Waals surface area contributed by atoms with Crippen LogP contribution in [-0.2, 0) is 11.2 Å². The van der Waals surface area contributed by atoms with Crippen LogP contribution in [0.5, 0.6) is 5.75 Å². The van der Waals surface area contributed by atoms with Crippen molar-refractivity contribution in [1.29, 1.82) is 0 Å². The van der Waals surface area contributed by atoms with Gasteiger partial charge in [-0.05, 0) is 42.8 Å². The predicted octanol–water partition coefficient (Wildman–Crippen LogP) is 1.91. The van der Waals surface area contributed by atoms with Crippen molar-refractivity contribution in [1.82, 2.24) is 4.98 Å². The molecule has 2 rings (SSSR count). The van der Waals surface area contributed by atoms with Crippen molar-refractivity contribution in [3.63, 3.8) is 0 Å². The number of carbonyl (C=O) groups excluding carboxylic acids is 1. The van der Waals surface area contributed by atoms with Gasteiger partial charge in [0.05, 0.1) is 6.42 Å². The van der Waals surface area contributed by atoms with Crippen LogP contribution >= 0.6 is 0 Å². The molecule has 0 saturated carbocycles. The van der Waals surface area contributed by atoms with Crippen LogP contribution in [0.4, 0.5) is 5.69 Å². The average Bonchev–Trinajstić information content (AvgIpc) is 2.49. The molecule has 0 fully saturated rings. The van der Waals surface area contributed by atoms with E-state index in [1.54, 1.807) is 30.5 Å². The number of aromatic nitrogens is 1. The van der Waals surface area contributed by atoms with E-state index in [4.69, 9.17) is 10.5 Å². The lowest BCUT2D eigenvalue weighted by atomic mass is 10.2. The number of pyridine rings is 1. The first-order chi connectivity index (χ1) is 10.2. The zero-order valence-corrected chi connectivity index (χ0v) is 12.0. The summed E-state index contributed by atoms with van der Waals surface area (Å²) in [5, 5.41) is 2.84. The molecule has 0 aliphatic heterocycles. The van der Waals surface area contributed by atoms with E-state index in [1.165, 1.54) is 0 Å². The number of nitrogens with one attached hydrogen (secondary N) is 1. The molecule has 1 aromatic carbocycles. The van der Waals surface area contributed by atoms with Crippen LogP contribution in [0.3, 0.4) is 0 Å². The molecule has 0 spiro atoms. The molecule has 0 saturated heterocycles. The minimum absolute atomic E-state index is 0.0729. The van der Waals surface area contributed by atoms with E-state index in [9.17, 15) is 4.79 Å². The van der Waals surface area contributed by atoms with Crippen molar-refractivity contribution < 1.29 is 9.53 Å². The molecule has 5 heteroatoms. The summed E-state index contributed by atoms with van der Waals surface area (Å²) in [6.07, 6.45) is 2.03. The van der Waals surface area contributed by atoms with Crippen molar-refractivity contribution in [2.24, 2.45) is 5.73 Å². The molecule has 1 heterocycles. The molecule has 0 radical (unpaired) electrons. The zero-order valence-electron chi connectivity index (χ0n) is 12.0. The number of aryl methyl sites for hydroxylation is 1. The molecule has 3 N–H and O–H groups in total. The molecule has 0 atom stereocenters. The SMILES string of the molecule is Cc1ccc(CC(=O)Nc2ccc(OCCN)cc2)cn1. The van der Waals surface area contributed by atoms with Gasteiger partial charge in [-0.3, -0.25) is 9.78 Å². The lowest BCUT2D eigenvalue weighted by Gasteiger charge is -2.07. The molecule has 5 nitrogen and oxygen atoms in total. The summed E-state index contributed by atoms with van der Waals surface area (Å²) in [7, 11) is 0. The van der Waals surface area contributed by atoms with E-state index in [0.29, 0.717) is 19.6 Å². The summed E-state index contributed by atoms with van der Waals surface area (Å²) < 4.78 is 5.38. The van der Waals surface area contributed by atoms with Crippen LogP contribution < -0.4 is 15.8 Å². The first kappa shape index (κ1) is 15.0. The van der Waals surface area contributed by atoms with Gasteiger partial charge < -0.3 is 15.8 Å². The fourth-order valence-corrected chi connectivity index (χ4v) is 1.80. The second-order valence-electron chi connectivity index (χ2n) is 4.69. The number of hydrogen-bond acceptors (Lipinski definition) is 4. The van der Waals surface area contributed by atoms with Crippen LogP contribution in [0.25, 0.3) is 0 Å². The quantitative estimate of drug-likeness (QED) is 0.850. The van der Waals surface area contributed by atoms with Crippen molar-refractivity contribution in [2.75, 3.05) is 18.5 Å². The number of anilines is 1. The van der Waals surface area contributed by atoms with Crippen molar-refractivity contribution in [3.8, 4) is 5.75 Å². The molecule has 1 aromatic heterocycles. The number of carbonyl (C=O) groups is 1. The van der Waals surface area contributed by atoms with Gasteiger partial charge in [-0.1, -0.05) is 6.07 Å². The third-order valence-electron chi connectivity index (χ3n) is 2.86. The highest BCUT2D eigenvalue weighted by atomic mass is 16.5. The first-order valence-electron chi connectivity index (χ1n) is 6.81. The van der Waals surface area contributed by atoms with E-state index in [0.717, 1.165) is 22.7 Å². The molecular formula is C16H19N3O2. The number of nitrogens with two attached hydrogens (primary N) is 1. The zero-order chi connectivity index (χ0) is 15.1. The Morgan fingerprint density at radius 1 is 1.24 bits per heavy atom. The topological polar surface area (TPSA) is 77.2 Å². The van der Waals surface area contributed by atoms with Crippen LogP contribution in [0, 0.1) is 6.92 Å². The van der Waals surface area contributed by atoms with E-state index >= 15 is 0 Å². The average molecular weight is 285 g/mol. The Morgan fingerprint density at radius 3 is 2.62 bits per heavy atom. The Bertz CT molecular complexity index is 579. The maximum Gasteiger partial charge on any atom is 0.228 e. The van der Waals surface area contributed by atoms with Crippen molar-refractivity contribution >= 4 is 11.6 Å². The Kier molecular flexibility index (Phi) is 5.29. The van der Waals surface area contributed by atoms with Gasteiger partial charge in [0.2, 0.25) is 5.91 Å². The largest absolute Gasteiger partial charge is 0.492 e. The van der Waals surface area contributed by atoms with E-state index in [-0.39, 0.29) is 5.91 Å². The van der Waals surface area contributed by atoms with Gasteiger partial charge in [0.15, 0.2) is 0 Å². The Labute approximate surface area is 124 Å². The summed E-state index contributed by atoms with van der Waals surface area (Å²) in [6.45, 7) is 2.87. The highest BCUT2D eigenvalue weighted by Gasteiger charge is 2.04. The summed E-state index contributed by atoms with van der Waals surface area (Å²) in [6, 6.07) is 11.0. The van der Waals surface area contributed by atoms with Gasteiger partial charge in [-0.2, -0.15) is 0 Å². The number of benzene rings is 1. The van der Waals surface area contributed by atoms with Gasteiger partial charge in [0, 0.05) is 24.1 Å². The maximum atomic E-state index is 11.9. The standard InChI is InChI=1S/C16H19N3O2/c1-12-2-3-13(11-18-12)10-16(20)19-14-4-6-15(7-5-14)21-9-8-17/h2-7,11H,8-10,17H2,1H3,(H,19,20). The summed E-state index contributed by atoms with van der Waals surface area (Å²) >= 11 is 0. The highest BCUT2D eigenvalue weighted by Crippen LogP contribution is 2.15. The van der Waals surface area contributed by atoms with Gasteiger partial charge in [-0.15, -0.1) is 0 Å². The van der Waals surface area contributed by atoms with Gasteiger partial charge in [-0.25, -0.2) is 0 Å². The molecule has 110 valence electrons. The molecular weight excluding hydrogens is 266 g/mol. The van der Waals surface area contributed by atoms with Crippen molar-refractivity contribution in [3.05, 3.63) is 53.9 Å². The van der Waals surface area contributed by atoms with Crippen LogP contribution in [0.1, 0.15) is 11.3 Å². The van der Waals surface area contributed by atoms with Gasteiger partial charge in [0.25, 0.3) is 0 Å². The van der Waals surface area contributed by atoms with Gasteiger partial charge in [0.1, 0.15) is 12.4 Å². The van der Waals surface area contributed by atoms with Gasteiger partial charge >= 0.3 is 0 Å². The highest BCUT2D eigenvalue weighted by molar-refractivity contribution is 5.92. The molecule has 2 aromatic rings. The molecule has 21 heavy (non-hydrogen) atoms. The predicted molar refractivity (Wildman–Crippen MR) is 82.3 cm³/mol. The number of rotatable bonds is 6. The monoisotopic (exact) mass is 285 g/mol. The van der Waals surface area contributed by atoms with E-state index < -0.39 is 0 Å². The number of nitrogens with zero attached hydrogens (tertiary/aromatic N) is 1. The third-order valence-corrected chi connectivity index (χ3v) is 2.86. The minimum Gasteiger partial charge on any atom is -0.492 e. The number of hydrogen-bond donors (Lipinski definition) is 2. The molecule has 1 amide bonds. The second kappa shape index (κ2) is 7.40. The maximum absolute atomic E-state index is 11.9. The Balaban J connectivity index is 1.88. The number of ether oxygens (including phenoxy) is 1. The molecule has 0 aliphatic rings. The molecule has 0 aliphatic carbocycles. The van der Waals surface area contributed by atoms with Crippen LogP contribution in [0.2, 0.25) is 0 Å². The third kappa shape index (κ3) is 4.89. The minimum atomic E-state index is -0.0729. The summed E-state index contributed by atoms with van der Waals surface area (Å²) in [5.41, 5.74) is 7.93. The van der Waals surface area contributed by atoms with E-state index in [2.05, 4.69) is 10.3 Å². The van der Waals surface area contributed by atoms with Crippen LogP contribution in [0.15, 0.2) is 42.6 Å². The summed E-state index contributed by atoms with van der Waals surface area (Å²) in [4.78, 5) is 16.1. The van der Waals surface area contributed by atoms with Crippen molar-refractivity contribution in [2.45, 2.75) is 13.3 Å². The summed E-state index contributed by atoms with van der Waals surface area (Å²) in [5.74, 6) is 0.664. The second-order valence-corrected chi connectivity index (χ2v) is 4.69. The number of amides is 1. The normalized spacial score (nSPS) is 10.2. The van der Waals surface area contributed by atoms with Crippen LogP contribution in [-0.4, -0.2) is 24.0 Å². The lowest BCUT2D eigenvalue weighted by molar-refractivity contribution is -0.115. The molecule has 0 bridgehead atoms. The first-order valence-corrected chi connectivity index (χ1v) is 6.81. The smallest absolute Gasteiger partial charge is 0.228 e. The Hall–Kier alpha value is -2.40. The fraction of sp³-hybridized carbons (Fsp3) is 0.250. The fourth-order valence-electron chi connectivity index (χ4n) is 1.80. The Morgan fingerprint density at radius 2 is 2.00 bits per heavy atom.